The van der Waals surface area contributed by atoms with Gasteiger partial charge in [0.15, 0.2) is 24.6 Å². The molecular formula is C19H23FN2O8. The Kier molecular flexibility index (Phi) is 7.70. The van der Waals surface area contributed by atoms with E-state index in [0.29, 0.717) is 5.69 Å². The van der Waals surface area contributed by atoms with E-state index < -0.39 is 61.1 Å². The van der Waals surface area contributed by atoms with E-state index in [4.69, 9.17) is 24.7 Å². The molecule has 0 aromatic heterocycles. The van der Waals surface area contributed by atoms with Gasteiger partial charge in [0.25, 0.3) is 5.91 Å². The van der Waals surface area contributed by atoms with Crippen LogP contribution in [0.15, 0.2) is 24.3 Å². The van der Waals surface area contributed by atoms with E-state index in [1.54, 1.807) is 0 Å². The summed E-state index contributed by atoms with van der Waals surface area (Å²) in [7, 11) is 0. The van der Waals surface area contributed by atoms with E-state index in [1.165, 1.54) is 24.3 Å². The number of nitrogens with one attached hydrogen (secondary N) is 1. The van der Waals surface area contributed by atoms with Crippen molar-refractivity contribution in [2.24, 2.45) is 0 Å². The van der Waals surface area contributed by atoms with Crippen molar-refractivity contribution in [3.8, 4) is 0 Å². The first-order valence-electron chi connectivity index (χ1n) is 9.02. The van der Waals surface area contributed by atoms with Gasteiger partial charge < -0.3 is 30.0 Å². The highest BCUT2D eigenvalue weighted by Gasteiger charge is 2.51. The van der Waals surface area contributed by atoms with Crippen LogP contribution in [0.5, 0.6) is 0 Å². The van der Waals surface area contributed by atoms with E-state index in [1.807, 2.05) is 0 Å². The molecule has 0 spiro atoms. The average Bonchev–Trinajstić information content (AvgIpc) is 2.65. The Balaban J connectivity index is 2.27. The minimum absolute atomic E-state index is 0.183. The second-order valence-corrected chi connectivity index (χ2v) is 6.59. The molecule has 30 heavy (non-hydrogen) atoms. The zero-order valence-corrected chi connectivity index (χ0v) is 16.6. The van der Waals surface area contributed by atoms with Crippen molar-refractivity contribution >= 4 is 29.5 Å². The average molecular weight is 426 g/mol. The molecule has 5 atom stereocenters. The Labute approximate surface area is 171 Å². The summed E-state index contributed by atoms with van der Waals surface area (Å²) in [6.45, 7) is 2.85. The summed E-state index contributed by atoms with van der Waals surface area (Å²) >= 11 is 0. The third-order valence-corrected chi connectivity index (χ3v) is 4.12. The fourth-order valence-electron chi connectivity index (χ4n) is 2.86. The van der Waals surface area contributed by atoms with Gasteiger partial charge in [0.05, 0.1) is 0 Å². The summed E-state index contributed by atoms with van der Waals surface area (Å²) in [4.78, 5) is 46.6. The fourth-order valence-corrected chi connectivity index (χ4v) is 2.86. The van der Waals surface area contributed by atoms with Crippen molar-refractivity contribution in [1.82, 2.24) is 5.32 Å². The predicted molar refractivity (Wildman–Crippen MR) is 99.6 cm³/mol. The van der Waals surface area contributed by atoms with Crippen LogP contribution in [0.4, 0.5) is 10.1 Å². The lowest BCUT2D eigenvalue weighted by molar-refractivity contribution is -0.238. The van der Waals surface area contributed by atoms with Crippen LogP contribution in [0.1, 0.15) is 31.1 Å². The second kappa shape index (κ2) is 10.0. The van der Waals surface area contributed by atoms with Gasteiger partial charge >= 0.3 is 17.9 Å². The second-order valence-electron chi connectivity index (χ2n) is 6.59. The maximum atomic E-state index is 15.1. The largest absolute Gasteiger partial charge is 0.463 e. The first-order valence-corrected chi connectivity index (χ1v) is 9.02. The number of hydrogen-bond acceptors (Lipinski definition) is 9. The molecule has 3 N–H and O–H groups in total. The third-order valence-electron chi connectivity index (χ3n) is 4.12. The summed E-state index contributed by atoms with van der Waals surface area (Å²) in [5.41, 5.74) is 6.20. The van der Waals surface area contributed by atoms with Gasteiger partial charge in [-0.1, -0.05) is 0 Å². The number of benzene rings is 1. The van der Waals surface area contributed by atoms with Crippen molar-refractivity contribution < 1.29 is 42.5 Å². The van der Waals surface area contributed by atoms with Gasteiger partial charge in [-0.25, -0.2) is 4.39 Å². The molecule has 2 rings (SSSR count). The number of amides is 1. The molecule has 1 aromatic carbocycles. The van der Waals surface area contributed by atoms with Crippen LogP contribution in [0.2, 0.25) is 0 Å². The SMILES string of the molecule is CC(=O)OC[C@H]1O[C@@H](NC(=O)c2ccc(N)cc2)[C@@H](F)[C@@H](OC(C)=O)[C@@H]1OC(C)=O. The molecular weight excluding hydrogens is 403 g/mol. The highest BCUT2D eigenvalue weighted by Crippen LogP contribution is 2.28. The minimum atomic E-state index is -2.08. The molecule has 1 aliphatic rings. The Hall–Kier alpha value is -3.21. The molecule has 1 amide bonds. The van der Waals surface area contributed by atoms with Crippen LogP contribution in [0.25, 0.3) is 0 Å². The molecule has 164 valence electrons. The van der Waals surface area contributed by atoms with E-state index in [2.05, 4.69) is 5.32 Å². The van der Waals surface area contributed by atoms with Crippen molar-refractivity contribution in [3.63, 3.8) is 0 Å². The van der Waals surface area contributed by atoms with Gasteiger partial charge in [-0.3, -0.25) is 19.2 Å². The number of rotatable bonds is 6. The van der Waals surface area contributed by atoms with Crippen molar-refractivity contribution in [3.05, 3.63) is 29.8 Å². The van der Waals surface area contributed by atoms with Gasteiger partial charge in [0.1, 0.15) is 12.7 Å². The Bertz CT molecular complexity index is 800. The van der Waals surface area contributed by atoms with Gasteiger partial charge in [-0.2, -0.15) is 0 Å². The minimum Gasteiger partial charge on any atom is -0.463 e. The number of hydrogen-bond donors (Lipinski definition) is 2. The number of carbonyl (C=O) groups excluding carboxylic acids is 4. The molecule has 0 aliphatic carbocycles. The van der Waals surface area contributed by atoms with Crippen LogP contribution >= 0.6 is 0 Å². The van der Waals surface area contributed by atoms with E-state index in [-0.39, 0.29) is 5.56 Å². The van der Waals surface area contributed by atoms with Crippen LogP contribution < -0.4 is 11.1 Å². The monoisotopic (exact) mass is 426 g/mol. The lowest BCUT2D eigenvalue weighted by atomic mass is 9.98. The number of esters is 3. The highest BCUT2D eigenvalue weighted by atomic mass is 19.1. The number of nitrogens with two attached hydrogens (primary N) is 1. The van der Waals surface area contributed by atoms with E-state index in [9.17, 15) is 19.2 Å². The zero-order chi connectivity index (χ0) is 22.4. The Morgan fingerprint density at radius 2 is 1.57 bits per heavy atom. The Morgan fingerprint density at radius 3 is 2.10 bits per heavy atom. The molecule has 1 heterocycles. The van der Waals surface area contributed by atoms with Crippen LogP contribution in [-0.4, -0.2) is 61.1 Å². The number of halogens is 1. The summed E-state index contributed by atoms with van der Waals surface area (Å²) in [5.74, 6) is -2.96. The van der Waals surface area contributed by atoms with Crippen molar-refractivity contribution in [2.45, 2.75) is 51.5 Å². The zero-order valence-electron chi connectivity index (χ0n) is 16.6. The molecule has 0 unspecified atom stereocenters. The maximum absolute atomic E-state index is 15.1. The smallest absolute Gasteiger partial charge is 0.303 e. The fraction of sp³-hybridized carbons (Fsp3) is 0.474. The Morgan fingerprint density at radius 1 is 1.00 bits per heavy atom. The van der Waals surface area contributed by atoms with Gasteiger partial charge in [-0.15, -0.1) is 0 Å². The standard InChI is InChI=1S/C19H23FN2O8/c1-9(23)27-8-14-16(28-10(2)24)17(29-11(3)25)15(20)19(30-14)22-18(26)12-4-6-13(21)7-5-12/h4-7,14-17,19H,8,21H2,1-3H3,(H,22,26)/t14-,15+,16-,17-,19-/m1/s1. The third kappa shape index (κ3) is 6.14. The number of ether oxygens (including phenoxy) is 4. The number of carbonyl (C=O) groups is 4. The molecule has 1 aliphatic heterocycles. The van der Waals surface area contributed by atoms with E-state index in [0.717, 1.165) is 20.8 Å². The van der Waals surface area contributed by atoms with Crippen molar-refractivity contribution in [1.29, 1.82) is 0 Å². The lowest BCUT2D eigenvalue weighted by Crippen LogP contribution is -2.63. The molecule has 1 fully saturated rings. The number of nitrogen functional groups attached to an aromatic ring is 1. The molecule has 0 bridgehead atoms. The van der Waals surface area contributed by atoms with Crippen LogP contribution in [-0.2, 0) is 33.3 Å². The molecule has 10 nitrogen and oxygen atoms in total. The van der Waals surface area contributed by atoms with Crippen LogP contribution in [0, 0.1) is 0 Å². The summed E-state index contributed by atoms with van der Waals surface area (Å²) in [6, 6.07) is 5.85. The van der Waals surface area contributed by atoms with E-state index >= 15 is 4.39 Å². The van der Waals surface area contributed by atoms with Gasteiger partial charge in [0, 0.05) is 32.0 Å². The maximum Gasteiger partial charge on any atom is 0.303 e. The van der Waals surface area contributed by atoms with Crippen LogP contribution in [0.3, 0.4) is 0 Å². The quantitative estimate of drug-likeness (QED) is 0.377. The number of anilines is 1. The first kappa shape index (κ1) is 23.1. The summed E-state index contributed by atoms with van der Waals surface area (Å²) < 4.78 is 35.6. The summed E-state index contributed by atoms with van der Waals surface area (Å²) in [6.07, 6.45) is -7.86. The molecule has 1 saturated heterocycles. The topological polar surface area (TPSA) is 143 Å². The first-order chi connectivity index (χ1) is 14.1. The normalized spacial score (nSPS) is 25.7. The highest BCUT2D eigenvalue weighted by molar-refractivity contribution is 5.94. The molecule has 0 saturated carbocycles. The molecule has 11 heteroatoms. The summed E-state index contributed by atoms with van der Waals surface area (Å²) in [5, 5.41) is 2.35. The number of alkyl halides is 1. The molecule has 0 radical (unpaired) electrons. The lowest BCUT2D eigenvalue weighted by Gasteiger charge is -2.42. The van der Waals surface area contributed by atoms with Gasteiger partial charge in [0.2, 0.25) is 0 Å². The molecule has 1 aromatic rings. The predicted octanol–water partition coefficient (Wildman–Crippen LogP) is 0.488. The van der Waals surface area contributed by atoms with Gasteiger partial charge in [-0.05, 0) is 24.3 Å². The van der Waals surface area contributed by atoms with Crippen molar-refractivity contribution in [2.75, 3.05) is 12.3 Å².